The maximum Gasteiger partial charge on any atom is 0.337 e. The van der Waals surface area contributed by atoms with Crippen molar-refractivity contribution in [2.75, 3.05) is 18.5 Å². The summed E-state index contributed by atoms with van der Waals surface area (Å²) >= 11 is 6.02. The zero-order valence-electron chi connectivity index (χ0n) is 10.0. The highest BCUT2D eigenvalue weighted by atomic mass is 35.5. The van der Waals surface area contributed by atoms with Crippen LogP contribution in [-0.2, 0) is 0 Å². The molecule has 5 nitrogen and oxygen atoms in total. The third-order valence-corrected chi connectivity index (χ3v) is 3.45. The molecule has 1 heterocycles. The second-order valence-electron chi connectivity index (χ2n) is 4.71. The van der Waals surface area contributed by atoms with Gasteiger partial charge in [-0.05, 0) is 24.8 Å². The average molecular weight is 271 g/mol. The van der Waals surface area contributed by atoms with Crippen LogP contribution in [0.4, 0.5) is 5.82 Å². The molecule has 0 amide bonds. The summed E-state index contributed by atoms with van der Waals surface area (Å²) in [6, 6.07) is 1.40. The minimum absolute atomic E-state index is 0.0798. The van der Waals surface area contributed by atoms with Gasteiger partial charge < -0.3 is 15.1 Å². The topological polar surface area (TPSA) is 73.7 Å². The summed E-state index contributed by atoms with van der Waals surface area (Å²) in [7, 11) is 1.86. The lowest BCUT2D eigenvalue weighted by molar-refractivity contribution is 0.0464. The Bertz CT molecular complexity index is 461. The molecule has 1 aliphatic carbocycles. The lowest BCUT2D eigenvalue weighted by Gasteiger charge is -2.35. The number of carboxylic acids is 1. The van der Waals surface area contributed by atoms with Crippen LogP contribution < -0.4 is 4.90 Å². The van der Waals surface area contributed by atoms with Gasteiger partial charge in [0.15, 0.2) is 0 Å². The molecule has 18 heavy (non-hydrogen) atoms. The van der Waals surface area contributed by atoms with Gasteiger partial charge in [-0.3, -0.25) is 0 Å². The fraction of sp³-hybridized carbons (Fsp3) is 0.500. The molecule has 0 saturated heterocycles. The van der Waals surface area contributed by atoms with Crippen LogP contribution in [0.3, 0.4) is 0 Å². The Morgan fingerprint density at radius 3 is 2.78 bits per heavy atom. The Hall–Kier alpha value is -1.33. The van der Waals surface area contributed by atoms with E-state index in [1.807, 2.05) is 11.9 Å². The monoisotopic (exact) mass is 270 g/mol. The SMILES string of the molecule is CN(CC1CC(O)C1)c1ncc(C(=O)O)cc1Cl. The van der Waals surface area contributed by atoms with Gasteiger partial charge in [0.2, 0.25) is 0 Å². The Labute approximate surface area is 110 Å². The number of hydrogen-bond acceptors (Lipinski definition) is 4. The molecule has 2 rings (SSSR count). The lowest BCUT2D eigenvalue weighted by Crippen LogP contribution is -2.37. The van der Waals surface area contributed by atoms with Gasteiger partial charge in [-0.15, -0.1) is 0 Å². The van der Waals surface area contributed by atoms with Crippen molar-refractivity contribution in [2.24, 2.45) is 5.92 Å². The third-order valence-electron chi connectivity index (χ3n) is 3.17. The number of carbonyl (C=O) groups is 1. The third kappa shape index (κ3) is 2.73. The fourth-order valence-electron chi connectivity index (χ4n) is 2.15. The van der Waals surface area contributed by atoms with Crippen LogP contribution in [0.1, 0.15) is 23.2 Å². The number of nitrogens with zero attached hydrogens (tertiary/aromatic N) is 2. The normalized spacial score (nSPS) is 22.4. The molecule has 0 unspecified atom stereocenters. The highest BCUT2D eigenvalue weighted by Crippen LogP contribution is 2.30. The number of rotatable bonds is 4. The molecule has 0 radical (unpaired) electrons. The van der Waals surface area contributed by atoms with Gasteiger partial charge >= 0.3 is 5.97 Å². The van der Waals surface area contributed by atoms with Crippen LogP contribution in [-0.4, -0.2) is 40.9 Å². The number of aromatic carboxylic acids is 1. The minimum atomic E-state index is -1.04. The van der Waals surface area contributed by atoms with Crippen molar-refractivity contribution < 1.29 is 15.0 Å². The van der Waals surface area contributed by atoms with E-state index in [4.69, 9.17) is 16.7 Å². The predicted molar refractivity (Wildman–Crippen MR) is 68.2 cm³/mol. The Morgan fingerprint density at radius 1 is 1.61 bits per heavy atom. The summed E-state index contributed by atoms with van der Waals surface area (Å²) in [5, 5.41) is 18.4. The first-order valence-electron chi connectivity index (χ1n) is 5.75. The van der Waals surface area contributed by atoms with Crippen LogP contribution in [0.25, 0.3) is 0 Å². The fourth-order valence-corrected chi connectivity index (χ4v) is 2.46. The van der Waals surface area contributed by atoms with Crippen molar-refractivity contribution in [3.8, 4) is 0 Å². The minimum Gasteiger partial charge on any atom is -0.478 e. The largest absolute Gasteiger partial charge is 0.478 e. The highest BCUT2D eigenvalue weighted by molar-refractivity contribution is 6.33. The Balaban J connectivity index is 2.05. The lowest BCUT2D eigenvalue weighted by atomic mass is 9.82. The van der Waals surface area contributed by atoms with E-state index in [2.05, 4.69) is 4.98 Å². The number of carboxylic acid groups (broad SMARTS) is 1. The van der Waals surface area contributed by atoms with Crippen molar-refractivity contribution in [3.05, 3.63) is 22.8 Å². The molecule has 98 valence electrons. The molecule has 0 aliphatic heterocycles. The van der Waals surface area contributed by atoms with Gasteiger partial charge in [-0.2, -0.15) is 0 Å². The zero-order chi connectivity index (χ0) is 13.3. The van der Waals surface area contributed by atoms with Gasteiger partial charge in [0.25, 0.3) is 0 Å². The van der Waals surface area contributed by atoms with E-state index in [9.17, 15) is 9.90 Å². The van der Waals surface area contributed by atoms with Crippen LogP contribution in [0.2, 0.25) is 5.02 Å². The van der Waals surface area contributed by atoms with Crippen molar-refractivity contribution in [2.45, 2.75) is 18.9 Å². The van der Waals surface area contributed by atoms with Crippen molar-refractivity contribution in [1.29, 1.82) is 0 Å². The molecule has 0 spiro atoms. The molecule has 1 fully saturated rings. The smallest absolute Gasteiger partial charge is 0.337 e. The average Bonchev–Trinajstić information content (AvgIpc) is 2.26. The van der Waals surface area contributed by atoms with E-state index in [0.717, 1.165) is 19.4 Å². The molecule has 1 aromatic rings. The first kappa shape index (κ1) is 13.1. The van der Waals surface area contributed by atoms with Crippen LogP contribution in [0, 0.1) is 5.92 Å². The molecule has 0 bridgehead atoms. The van der Waals surface area contributed by atoms with E-state index < -0.39 is 5.97 Å². The van der Waals surface area contributed by atoms with E-state index in [-0.39, 0.29) is 11.7 Å². The van der Waals surface area contributed by atoms with Crippen molar-refractivity contribution in [1.82, 2.24) is 4.98 Å². The first-order chi connectivity index (χ1) is 8.47. The molecular formula is C12H15ClN2O3. The predicted octanol–water partition coefficient (Wildman–Crippen LogP) is 1.64. The number of halogens is 1. The maximum absolute atomic E-state index is 10.8. The van der Waals surface area contributed by atoms with Gasteiger partial charge in [-0.1, -0.05) is 11.6 Å². The number of aromatic nitrogens is 1. The van der Waals surface area contributed by atoms with Crippen LogP contribution >= 0.6 is 11.6 Å². The quantitative estimate of drug-likeness (QED) is 0.870. The Kier molecular flexibility index (Phi) is 3.73. The standard InChI is InChI=1S/C12H15ClN2O3/c1-15(6-7-2-9(16)3-7)11-10(13)4-8(5-14-11)12(17)18/h4-5,7,9,16H,2-3,6H2,1H3,(H,17,18). The second kappa shape index (κ2) is 5.12. The van der Waals surface area contributed by atoms with Crippen LogP contribution in [0.15, 0.2) is 12.3 Å². The molecule has 1 saturated carbocycles. The zero-order valence-corrected chi connectivity index (χ0v) is 10.8. The van der Waals surface area contributed by atoms with Crippen molar-refractivity contribution >= 4 is 23.4 Å². The summed E-state index contributed by atoms with van der Waals surface area (Å²) in [5.41, 5.74) is 0.0798. The van der Waals surface area contributed by atoms with E-state index in [1.165, 1.54) is 12.3 Å². The number of pyridine rings is 1. The van der Waals surface area contributed by atoms with Crippen LogP contribution in [0.5, 0.6) is 0 Å². The van der Waals surface area contributed by atoms with E-state index >= 15 is 0 Å². The molecule has 6 heteroatoms. The number of anilines is 1. The highest BCUT2D eigenvalue weighted by Gasteiger charge is 2.28. The Morgan fingerprint density at radius 2 is 2.28 bits per heavy atom. The molecule has 2 N–H and O–H groups in total. The molecule has 1 aliphatic rings. The summed E-state index contributed by atoms with van der Waals surface area (Å²) in [5.74, 6) is -0.0224. The van der Waals surface area contributed by atoms with Gasteiger partial charge in [0.05, 0.1) is 16.7 Å². The molecule has 0 atom stereocenters. The summed E-state index contributed by atoms with van der Waals surface area (Å²) in [6.07, 6.45) is 2.72. The van der Waals surface area contributed by atoms with E-state index in [1.54, 1.807) is 0 Å². The summed E-state index contributed by atoms with van der Waals surface area (Å²) in [6.45, 7) is 0.760. The summed E-state index contributed by atoms with van der Waals surface area (Å²) < 4.78 is 0. The second-order valence-corrected chi connectivity index (χ2v) is 5.11. The number of aliphatic hydroxyl groups is 1. The van der Waals surface area contributed by atoms with Crippen molar-refractivity contribution in [3.63, 3.8) is 0 Å². The molecular weight excluding hydrogens is 256 g/mol. The van der Waals surface area contributed by atoms with E-state index in [0.29, 0.717) is 16.8 Å². The summed E-state index contributed by atoms with van der Waals surface area (Å²) in [4.78, 5) is 16.7. The van der Waals surface area contributed by atoms with Gasteiger partial charge in [-0.25, -0.2) is 9.78 Å². The molecule has 0 aromatic carbocycles. The first-order valence-corrected chi connectivity index (χ1v) is 6.13. The number of hydrogen-bond donors (Lipinski definition) is 2. The van der Waals surface area contributed by atoms with Gasteiger partial charge in [0.1, 0.15) is 5.82 Å². The molecule has 1 aromatic heterocycles. The van der Waals surface area contributed by atoms with Gasteiger partial charge in [0, 0.05) is 19.8 Å². The maximum atomic E-state index is 10.8. The number of aliphatic hydroxyl groups excluding tert-OH is 1.